The van der Waals surface area contributed by atoms with Gasteiger partial charge in [0.25, 0.3) is 0 Å². The molecule has 0 saturated carbocycles. The van der Waals surface area contributed by atoms with E-state index >= 15 is 0 Å². The summed E-state index contributed by atoms with van der Waals surface area (Å²) in [6.07, 6.45) is 22.3. The van der Waals surface area contributed by atoms with Gasteiger partial charge in [0.15, 0.2) is 6.79 Å². The van der Waals surface area contributed by atoms with Crippen molar-refractivity contribution in [2.45, 2.75) is 136 Å². The fourth-order valence-electron chi connectivity index (χ4n) is 6.16. The van der Waals surface area contributed by atoms with Crippen LogP contribution in [-0.4, -0.2) is 44.5 Å². The van der Waals surface area contributed by atoms with Gasteiger partial charge in [-0.2, -0.15) is 0 Å². The van der Waals surface area contributed by atoms with Crippen LogP contribution in [0.4, 0.5) is 0 Å². The lowest BCUT2D eigenvalue weighted by molar-refractivity contribution is -0.150. The second-order valence-electron chi connectivity index (χ2n) is 14.4. The molecule has 312 valence electrons. The van der Waals surface area contributed by atoms with Gasteiger partial charge in [0.05, 0.1) is 25.4 Å². The van der Waals surface area contributed by atoms with Gasteiger partial charge in [-0.15, -0.1) is 0 Å². The Morgan fingerprint density at radius 3 is 1.60 bits per heavy atom. The molecular weight excluding hydrogens is 721 g/mol. The molecule has 57 heavy (non-hydrogen) atoms. The zero-order chi connectivity index (χ0) is 40.6. The van der Waals surface area contributed by atoms with Gasteiger partial charge in [0.2, 0.25) is 0 Å². The summed E-state index contributed by atoms with van der Waals surface area (Å²) in [7, 11) is 0. The fraction of sp³-hybridized carbons (Fsp3) is 0.521. The maximum atomic E-state index is 12.8. The van der Waals surface area contributed by atoms with E-state index in [0.29, 0.717) is 44.2 Å². The van der Waals surface area contributed by atoms with Crippen molar-refractivity contribution in [1.82, 2.24) is 0 Å². The molecule has 0 saturated heterocycles. The predicted molar refractivity (Wildman–Crippen MR) is 225 cm³/mol. The Morgan fingerprint density at radius 2 is 1.02 bits per heavy atom. The molecule has 0 fully saturated rings. The van der Waals surface area contributed by atoms with Crippen LogP contribution in [-0.2, 0) is 36.8 Å². The van der Waals surface area contributed by atoms with Crippen LogP contribution in [0.2, 0.25) is 0 Å². The van der Waals surface area contributed by atoms with Gasteiger partial charge >= 0.3 is 17.9 Å². The molecule has 0 aliphatic heterocycles. The Labute approximate surface area is 341 Å². The minimum Gasteiger partial charge on any atom is -0.494 e. The predicted octanol–water partition coefficient (Wildman–Crippen LogP) is 11.7. The largest absolute Gasteiger partial charge is 0.494 e. The molecule has 0 aromatic heterocycles. The topological polar surface area (TPSA) is 107 Å². The number of carbonyl (C=O) groups excluding carboxylic acids is 3. The summed E-state index contributed by atoms with van der Waals surface area (Å²) in [5.41, 5.74) is 2.73. The Balaban J connectivity index is 1.17. The van der Waals surface area contributed by atoms with E-state index in [1.54, 1.807) is 12.1 Å². The molecule has 0 bridgehead atoms. The molecule has 3 rings (SSSR count). The van der Waals surface area contributed by atoms with E-state index in [1.165, 1.54) is 76.2 Å². The van der Waals surface area contributed by atoms with Crippen LogP contribution < -0.4 is 14.2 Å². The first-order valence-electron chi connectivity index (χ1n) is 21.2. The van der Waals surface area contributed by atoms with E-state index < -0.39 is 5.97 Å². The average molecular weight is 787 g/mol. The average Bonchev–Trinajstić information content (AvgIpc) is 3.24. The third kappa shape index (κ3) is 22.6. The van der Waals surface area contributed by atoms with Crippen molar-refractivity contribution in [2.75, 3.05) is 26.6 Å². The molecular formula is C48H66O9. The van der Waals surface area contributed by atoms with Crippen molar-refractivity contribution in [2.24, 2.45) is 0 Å². The van der Waals surface area contributed by atoms with Crippen LogP contribution in [0.5, 0.6) is 17.2 Å². The molecule has 0 spiro atoms. The minimum atomic E-state index is -0.461. The number of unbranched alkanes of at least 4 members (excludes halogenated alkanes) is 15. The quantitative estimate of drug-likeness (QED) is 0.0196. The molecule has 0 aliphatic carbocycles. The fourth-order valence-corrected chi connectivity index (χ4v) is 6.16. The third-order valence-electron chi connectivity index (χ3n) is 9.62. The number of esters is 3. The first kappa shape index (κ1) is 46.8. The monoisotopic (exact) mass is 786 g/mol. The van der Waals surface area contributed by atoms with Crippen LogP contribution in [0.15, 0.2) is 85.5 Å². The summed E-state index contributed by atoms with van der Waals surface area (Å²) in [6.45, 7) is 7.43. The molecule has 3 aromatic rings. The molecule has 9 nitrogen and oxygen atoms in total. The molecule has 0 radical (unpaired) electrons. The molecule has 0 aliphatic rings. The van der Waals surface area contributed by atoms with Crippen molar-refractivity contribution in [3.8, 4) is 17.2 Å². The highest BCUT2D eigenvalue weighted by atomic mass is 16.7. The van der Waals surface area contributed by atoms with Gasteiger partial charge in [0.1, 0.15) is 23.9 Å². The number of carbonyl (C=O) groups is 3. The molecule has 0 amide bonds. The molecule has 0 unspecified atom stereocenters. The SMILES string of the molecule is C=CC(=O)OCOCCCCCCCCCCc1ccc(C(=O)Oc2ccc(COc3ccc(OCCCCCCCCCCCOC(=O)CC)cc3)cc2)cc1. The van der Waals surface area contributed by atoms with Crippen LogP contribution in [0.1, 0.15) is 144 Å². The lowest BCUT2D eigenvalue weighted by Gasteiger charge is -2.10. The summed E-state index contributed by atoms with van der Waals surface area (Å²) < 4.78 is 32.7. The number of benzene rings is 3. The summed E-state index contributed by atoms with van der Waals surface area (Å²) in [5, 5.41) is 0. The standard InChI is InChI=1S/C48H66O9/c1-3-46(49)54-37-21-17-13-8-5-7-12-16-20-36-53-43-31-33-44(34-32-43)55-38-41-25-29-45(30-26-41)57-48(51)42-27-23-40(24-28-42)22-18-14-10-6-9-11-15-19-35-52-39-56-47(50)4-2/h4,23-34H,2-3,5-22,35-39H2,1H3. The van der Waals surface area contributed by atoms with Gasteiger partial charge in [0, 0.05) is 12.5 Å². The highest BCUT2D eigenvalue weighted by molar-refractivity contribution is 5.91. The summed E-state index contributed by atoms with van der Waals surface area (Å²) in [4.78, 5) is 34.8. The highest BCUT2D eigenvalue weighted by Gasteiger charge is 2.09. The zero-order valence-electron chi connectivity index (χ0n) is 34.4. The number of rotatable bonds is 33. The lowest BCUT2D eigenvalue weighted by atomic mass is 10.0. The summed E-state index contributed by atoms with van der Waals surface area (Å²) >= 11 is 0. The van der Waals surface area contributed by atoms with Crippen molar-refractivity contribution in [3.63, 3.8) is 0 Å². The van der Waals surface area contributed by atoms with Crippen LogP contribution in [0.25, 0.3) is 0 Å². The highest BCUT2D eigenvalue weighted by Crippen LogP contribution is 2.21. The Morgan fingerprint density at radius 1 is 0.526 bits per heavy atom. The van der Waals surface area contributed by atoms with E-state index in [0.717, 1.165) is 68.1 Å². The summed E-state index contributed by atoms with van der Waals surface area (Å²) in [6, 6.07) is 22.8. The van der Waals surface area contributed by atoms with Crippen LogP contribution in [0, 0.1) is 0 Å². The van der Waals surface area contributed by atoms with E-state index in [1.807, 2.05) is 67.6 Å². The molecule has 0 N–H and O–H groups in total. The van der Waals surface area contributed by atoms with E-state index in [2.05, 4.69) is 6.58 Å². The minimum absolute atomic E-state index is 0.00770. The van der Waals surface area contributed by atoms with Crippen LogP contribution in [0.3, 0.4) is 0 Å². The maximum absolute atomic E-state index is 12.8. The Kier molecular flexibility index (Phi) is 25.0. The Hall–Kier alpha value is -4.63. The number of hydrogen-bond acceptors (Lipinski definition) is 9. The number of ether oxygens (including phenoxy) is 6. The lowest BCUT2D eigenvalue weighted by Crippen LogP contribution is -2.08. The van der Waals surface area contributed by atoms with Gasteiger partial charge in [-0.25, -0.2) is 9.59 Å². The first-order valence-corrected chi connectivity index (χ1v) is 21.2. The number of hydrogen-bond donors (Lipinski definition) is 0. The van der Waals surface area contributed by atoms with E-state index in [4.69, 9.17) is 28.4 Å². The second kappa shape index (κ2) is 30.5. The van der Waals surface area contributed by atoms with Crippen molar-refractivity contribution in [3.05, 3.63) is 102 Å². The molecule has 0 heterocycles. The third-order valence-corrected chi connectivity index (χ3v) is 9.62. The van der Waals surface area contributed by atoms with Gasteiger partial charge < -0.3 is 28.4 Å². The normalized spacial score (nSPS) is 10.8. The zero-order valence-corrected chi connectivity index (χ0v) is 34.4. The van der Waals surface area contributed by atoms with Crippen molar-refractivity contribution < 1.29 is 42.8 Å². The van der Waals surface area contributed by atoms with Crippen molar-refractivity contribution >= 4 is 17.9 Å². The first-order chi connectivity index (χ1) is 28.0. The smallest absolute Gasteiger partial charge is 0.343 e. The van der Waals surface area contributed by atoms with Crippen LogP contribution >= 0.6 is 0 Å². The number of aryl methyl sites for hydroxylation is 1. The summed E-state index contributed by atoms with van der Waals surface area (Å²) in [5.74, 6) is 1.16. The Bertz CT molecular complexity index is 1520. The molecule has 0 atom stereocenters. The van der Waals surface area contributed by atoms with Gasteiger partial charge in [-0.3, -0.25) is 4.79 Å². The second-order valence-corrected chi connectivity index (χ2v) is 14.4. The van der Waals surface area contributed by atoms with Gasteiger partial charge in [-0.1, -0.05) is 121 Å². The molecule has 9 heteroatoms. The maximum Gasteiger partial charge on any atom is 0.343 e. The van der Waals surface area contributed by atoms with E-state index in [-0.39, 0.29) is 18.7 Å². The molecule has 3 aromatic carbocycles. The van der Waals surface area contributed by atoms with E-state index in [9.17, 15) is 14.4 Å². The van der Waals surface area contributed by atoms with Crippen molar-refractivity contribution in [1.29, 1.82) is 0 Å². The van der Waals surface area contributed by atoms with Gasteiger partial charge in [-0.05, 0) is 91.8 Å².